The lowest BCUT2D eigenvalue weighted by Crippen LogP contribution is -2.22. The van der Waals surface area contributed by atoms with Crippen molar-refractivity contribution < 1.29 is 19.1 Å². The monoisotopic (exact) mass is 303 g/mol. The first kappa shape index (κ1) is 13.8. The Kier molecular flexibility index (Phi) is 3.70. The van der Waals surface area contributed by atoms with Crippen molar-refractivity contribution >= 4 is 23.3 Å². The number of aryl methyl sites for hydroxylation is 1. The Bertz CT molecular complexity index is 677. The van der Waals surface area contributed by atoms with Crippen molar-refractivity contribution in [2.24, 2.45) is 0 Å². The van der Waals surface area contributed by atoms with Gasteiger partial charge in [0.25, 0.3) is 0 Å². The van der Waals surface area contributed by atoms with E-state index in [0.717, 1.165) is 16.1 Å². The Morgan fingerprint density at radius 3 is 2.81 bits per heavy atom. The number of ether oxygens (including phenoxy) is 2. The molecule has 1 atom stereocenters. The molecule has 2 aromatic rings. The van der Waals surface area contributed by atoms with E-state index in [9.17, 15) is 9.59 Å². The zero-order valence-electron chi connectivity index (χ0n) is 11.4. The van der Waals surface area contributed by atoms with E-state index in [4.69, 9.17) is 9.47 Å². The summed E-state index contributed by atoms with van der Waals surface area (Å²) in [5, 5.41) is 2.38. The van der Waals surface area contributed by atoms with Crippen molar-refractivity contribution in [1.29, 1.82) is 0 Å². The molecular formula is C15H13NO4S. The number of nitrogens with zero attached hydrogens (tertiary/aromatic N) is 1. The zero-order chi connectivity index (χ0) is 14.8. The fraction of sp³-hybridized carbons (Fsp3) is 0.267. The maximum Gasteiger partial charge on any atom is 0.358 e. The minimum atomic E-state index is -0.804. The topological polar surface area (TPSA) is 65.5 Å². The van der Waals surface area contributed by atoms with Crippen LogP contribution in [0.15, 0.2) is 29.6 Å². The Balaban J connectivity index is 1.73. The third-order valence-electron chi connectivity index (χ3n) is 3.15. The molecule has 21 heavy (non-hydrogen) atoms. The van der Waals surface area contributed by atoms with E-state index in [1.807, 2.05) is 31.2 Å². The summed E-state index contributed by atoms with van der Waals surface area (Å²) in [5.74, 6) is -1.08. The maximum absolute atomic E-state index is 12.0. The van der Waals surface area contributed by atoms with Gasteiger partial charge >= 0.3 is 11.9 Å². The second-order valence-electron chi connectivity index (χ2n) is 4.75. The number of aromatic nitrogens is 1. The Morgan fingerprint density at radius 1 is 1.38 bits per heavy atom. The molecular weight excluding hydrogens is 290 g/mol. The van der Waals surface area contributed by atoms with Gasteiger partial charge in [0.1, 0.15) is 5.01 Å². The summed E-state index contributed by atoms with van der Waals surface area (Å²) in [4.78, 5) is 27.5. The largest absolute Gasteiger partial charge is 0.463 e. The van der Waals surface area contributed by atoms with E-state index >= 15 is 0 Å². The van der Waals surface area contributed by atoms with Crippen LogP contribution in [0.25, 0.3) is 10.6 Å². The van der Waals surface area contributed by atoms with Crippen molar-refractivity contribution in [3.8, 4) is 10.6 Å². The molecule has 0 saturated carbocycles. The second-order valence-corrected chi connectivity index (χ2v) is 5.61. The summed E-state index contributed by atoms with van der Waals surface area (Å²) in [6.45, 7) is 2.30. The molecule has 0 amide bonds. The number of carbonyl (C=O) groups is 2. The van der Waals surface area contributed by atoms with Gasteiger partial charge < -0.3 is 9.47 Å². The van der Waals surface area contributed by atoms with E-state index < -0.39 is 18.0 Å². The first-order valence-electron chi connectivity index (χ1n) is 6.53. The molecule has 5 nitrogen and oxygen atoms in total. The zero-order valence-corrected chi connectivity index (χ0v) is 12.2. The Hall–Kier alpha value is -2.21. The molecule has 108 valence electrons. The fourth-order valence-electron chi connectivity index (χ4n) is 1.97. The van der Waals surface area contributed by atoms with Gasteiger partial charge in [-0.25, -0.2) is 14.6 Å². The number of esters is 2. The molecule has 2 heterocycles. The van der Waals surface area contributed by atoms with Crippen LogP contribution in [0.1, 0.15) is 22.5 Å². The predicted octanol–water partition coefficient (Wildman–Crippen LogP) is 2.59. The van der Waals surface area contributed by atoms with Crippen LogP contribution < -0.4 is 0 Å². The molecule has 1 fully saturated rings. The molecule has 1 aromatic carbocycles. The van der Waals surface area contributed by atoms with Gasteiger partial charge in [-0.05, 0) is 6.92 Å². The van der Waals surface area contributed by atoms with Crippen LogP contribution in [-0.2, 0) is 14.3 Å². The van der Waals surface area contributed by atoms with Gasteiger partial charge in [-0.15, -0.1) is 11.3 Å². The Morgan fingerprint density at radius 2 is 2.14 bits per heavy atom. The highest BCUT2D eigenvalue weighted by atomic mass is 32.1. The molecule has 0 unspecified atom stereocenters. The Labute approximate surface area is 125 Å². The number of hydrogen-bond acceptors (Lipinski definition) is 6. The van der Waals surface area contributed by atoms with E-state index in [1.54, 1.807) is 5.38 Å². The summed E-state index contributed by atoms with van der Waals surface area (Å²) >= 11 is 1.37. The summed E-state index contributed by atoms with van der Waals surface area (Å²) in [7, 11) is 0. The average Bonchev–Trinajstić information content (AvgIpc) is 3.10. The minimum Gasteiger partial charge on any atom is -0.463 e. The number of thiazole rings is 1. The van der Waals surface area contributed by atoms with Gasteiger partial charge in [-0.1, -0.05) is 29.8 Å². The standard InChI is InChI=1S/C15H13NO4S/c1-9-2-4-10(5-3-9)13-16-11(8-21-13)14(17)20-12-6-7-19-15(12)18/h2-5,8,12H,6-7H2,1H3/t12-/m1/s1. The smallest absolute Gasteiger partial charge is 0.358 e. The first-order chi connectivity index (χ1) is 10.1. The van der Waals surface area contributed by atoms with E-state index in [1.165, 1.54) is 11.3 Å². The van der Waals surface area contributed by atoms with Gasteiger partial charge in [0.2, 0.25) is 6.10 Å². The van der Waals surface area contributed by atoms with Gasteiger partial charge in [0, 0.05) is 17.4 Å². The molecule has 0 N–H and O–H groups in total. The molecule has 1 aliphatic heterocycles. The van der Waals surface area contributed by atoms with Gasteiger partial charge in [0.15, 0.2) is 5.69 Å². The summed E-state index contributed by atoms with van der Waals surface area (Å²) in [5.41, 5.74) is 2.33. The van der Waals surface area contributed by atoms with Crippen LogP contribution in [-0.4, -0.2) is 29.6 Å². The molecule has 6 heteroatoms. The van der Waals surface area contributed by atoms with Crippen molar-refractivity contribution in [3.05, 3.63) is 40.9 Å². The lowest BCUT2D eigenvalue weighted by Gasteiger charge is -2.05. The second kappa shape index (κ2) is 5.65. The van der Waals surface area contributed by atoms with Crippen LogP contribution in [0.4, 0.5) is 0 Å². The third kappa shape index (κ3) is 2.95. The molecule has 1 aliphatic rings. The SMILES string of the molecule is Cc1ccc(-c2nc(C(=O)O[C@@H]3CCOC3=O)cs2)cc1. The molecule has 1 aromatic heterocycles. The van der Waals surface area contributed by atoms with Gasteiger partial charge in [-0.2, -0.15) is 0 Å². The first-order valence-corrected chi connectivity index (χ1v) is 7.41. The maximum atomic E-state index is 12.0. The summed E-state index contributed by atoms with van der Waals surface area (Å²) in [6.07, 6.45) is -0.401. The molecule has 1 saturated heterocycles. The normalized spacial score (nSPS) is 17.6. The highest BCUT2D eigenvalue weighted by Crippen LogP contribution is 2.24. The van der Waals surface area contributed by atoms with E-state index in [-0.39, 0.29) is 5.69 Å². The van der Waals surface area contributed by atoms with E-state index in [2.05, 4.69) is 4.98 Å². The average molecular weight is 303 g/mol. The number of carbonyl (C=O) groups excluding carboxylic acids is 2. The number of cyclic esters (lactones) is 1. The number of rotatable bonds is 3. The van der Waals surface area contributed by atoms with Gasteiger partial charge in [0.05, 0.1) is 6.61 Å². The molecule has 3 rings (SSSR count). The number of benzene rings is 1. The quantitative estimate of drug-likeness (QED) is 0.815. The summed E-state index contributed by atoms with van der Waals surface area (Å²) in [6, 6.07) is 7.89. The third-order valence-corrected chi connectivity index (χ3v) is 4.04. The predicted molar refractivity (Wildman–Crippen MR) is 77.1 cm³/mol. The lowest BCUT2D eigenvalue weighted by atomic mass is 10.2. The summed E-state index contributed by atoms with van der Waals surface area (Å²) < 4.78 is 9.86. The molecule has 0 aliphatic carbocycles. The van der Waals surface area contributed by atoms with Gasteiger partial charge in [-0.3, -0.25) is 0 Å². The van der Waals surface area contributed by atoms with Crippen LogP contribution in [0, 0.1) is 6.92 Å². The van der Waals surface area contributed by atoms with Crippen molar-refractivity contribution in [3.63, 3.8) is 0 Å². The minimum absolute atomic E-state index is 0.218. The highest BCUT2D eigenvalue weighted by molar-refractivity contribution is 7.13. The van der Waals surface area contributed by atoms with Crippen molar-refractivity contribution in [2.45, 2.75) is 19.4 Å². The number of hydrogen-bond donors (Lipinski definition) is 0. The molecule has 0 spiro atoms. The van der Waals surface area contributed by atoms with Crippen molar-refractivity contribution in [1.82, 2.24) is 4.98 Å². The van der Waals surface area contributed by atoms with Crippen LogP contribution in [0.3, 0.4) is 0 Å². The van der Waals surface area contributed by atoms with E-state index in [0.29, 0.717) is 13.0 Å². The molecule has 0 bridgehead atoms. The lowest BCUT2D eigenvalue weighted by molar-refractivity contribution is -0.145. The fourth-order valence-corrected chi connectivity index (χ4v) is 2.77. The van der Waals surface area contributed by atoms with Crippen LogP contribution >= 0.6 is 11.3 Å². The van der Waals surface area contributed by atoms with Crippen LogP contribution in [0.5, 0.6) is 0 Å². The van der Waals surface area contributed by atoms with Crippen LogP contribution in [0.2, 0.25) is 0 Å². The molecule has 0 radical (unpaired) electrons. The highest BCUT2D eigenvalue weighted by Gasteiger charge is 2.31. The van der Waals surface area contributed by atoms with Crippen molar-refractivity contribution in [2.75, 3.05) is 6.61 Å².